The number of alkyl halides is 3. The molecule has 0 radical (unpaired) electrons. The van der Waals surface area contributed by atoms with Crippen molar-refractivity contribution in [2.24, 2.45) is 5.73 Å². The van der Waals surface area contributed by atoms with Gasteiger partial charge in [0.25, 0.3) is 5.91 Å². The fourth-order valence-electron chi connectivity index (χ4n) is 2.77. The van der Waals surface area contributed by atoms with E-state index in [4.69, 9.17) is 10.5 Å². The summed E-state index contributed by atoms with van der Waals surface area (Å²) in [6, 6.07) is 6.37. The summed E-state index contributed by atoms with van der Waals surface area (Å²) in [4.78, 5) is 24.3. The number of amides is 2. The van der Waals surface area contributed by atoms with Gasteiger partial charge in [-0.25, -0.2) is 0 Å². The Balaban J connectivity index is 0.00000364. The van der Waals surface area contributed by atoms with Crippen LogP contribution < -0.4 is 11.1 Å². The molecule has 1 aliphatic heterocycles. The third-order valence-electron chi connectivity index (χ3n) is 4.14. The Morgan fingerprint density at radius 1 is 1.33 bits per heavy atom. The molecule has 0 aromatic heterocycles. The summed E-state index contributed by atoms with van der Waals surface area (Å²) in [5.41, 5.74) is 6.43. The number of nitrogens with zero attached hydrogens (tertiary/aromatic N) is 1. The molecule has 1 aliphatic rings. The third kappa shape index (κ3) is 6.37. The summed E-state index contributed by atoms with van der Waals surface area (Å²) in [7, 11) is 0. The van der Waals surface area contributed by atoms with Crippen LogP contribution in [0.4, 0.5) is 18.9 Å². The van der Waals surface area contributed by atoms with Crippen LogP contribution >= 0.6 is 12.4 Å². The summed E-state index contributed by atoms with van der Waals surface area (Å²) < 4.78 is 43.3. The maximum atomic E-state index is 12.6. The highest BCUT2D eigenvalue weighted by Gasteiger charge is 2.41. The minimum atomic E-state index is -4.92. The van der Waals surface area contributed by atoms with Gasteiger partial charge in [0.2, 0.25) is 0 Å². The van der Waals surface area contributed by atoms with Crippen LogP contribution in [0, 0.1) is 0 Å². The highest BCUT2D eigenvalue weighted by molar-refractivity contribution is 5.94. The van der Waals surface area contributed by atoms with E-state index in [-0.39, 0.29) is 37.5 Å². The van der Waals surface area contributed by atoms with Crippen molar-refractivity contribution in [2.75, 3.05) is 18.4 Å². The Morgan fingerprint density at radius 3 is 2.59 bits per heavy atom. The number of hydrogen-bond acceptors (Lipinski definition) is 4. The largest absolute Gasteiger partial charge is 0.471 e. The van der Waals surface area contributed by atoms with Crippen LogP contribution in [0.15, 0.2) is 24.3 Å². The second kappa shape index (κ2) is 9.91. The molecule has 2 atom stereocenters. The van der Waals surface area contributed by atoms with Crippen molar-refractivity contribution in [3.8, 4) is 0 Å². The maximum absolute atomic E-state index is 12.6. The van der Waals surface area contributed by atoms with Crippen LogP contribution in [-0.2, 0) is 20.9 Å². The van der Waals surface area contributed by atoms with Gasteiger partial charge in [0, 0.05) is 25.3 Å². The number of halogens is 4. The van der Waals surface area contributed by atoms with Crippen molar-refractivity contribution < 1.29 is 27.5 Å². The smallest absolute Gasteiger partial charge is 0.364 e. The summed E-state index contributed by atoms with van der Waals surface area (Å²) in [6.45, 7) is 1.54. The van der Waals surface area contributed by atoms with Gasteiger partial charge in [-0.1, -0.05) is 12.1 Å². The van der Waals surface area contributed by atoms with Crippen molar-refractivity contribution in [1.82, 2.24) is 4.90 Å². The molecule has 3 N–H and O–H groups in total. The molecule has 6 nitrogen and oxygen atoms in total. The van der Waals surface area contributed by atoms with Crippen LogP contribution in [0.25, 0.3) is 0 Å². The summed E-state index contributed by atoms with van der Waals surface area (Å²) in [5, 5.41) is 2.69. The van der Waals surface area contributed by atoms with E-state index in [1.54, 1.807) is 24.3 Å². The zero-order valence-electron chi connectivity index (χ0n) is 14.8. The van der Waals surface area contributed by atoms with E-state index in [2.05, 4.69) is 5.32 Å². The number of anilines is 1. The van der Waals surface area contributed by atoms with Gasteiger partial charge in [-0.2, -0.15) is 13.2 Å². The molecule has 2 amide bonds. The lowest BCUT2D eigenvalue weighted by atomic mass is 10.1. The first-order valence-corrected chi connectivity index (χ1v) is 8.36. The Kier molecular flexibility index (Phi) is 8.52. The highest BCUT2D eigenvalue weighted by atomic mass is 35.5. The van der Waals surface area contributed by atoms with Gasteiger partial charge in [-0.05, 0) is 37.5 Å². The maximum Gasteiger partial charge on any atom is 0.471 e. The second-order valence-corrected chi connectivity index (χ2v) is 6.07. The van der Waals surface area contributed by atoms with E-state index in [0.717, 1.165) is 0 Å². The van der Waals surface area contributed by atoms with Crippen LogP contribution in [-0.4, -0.2) is 48.2 Å². The first kappa shape index (κ1) is 23.2. The fourth-order valence-corrected chi connectivity index (χ4v) is 2.77. The number of nitrogens with two attached hydrogens (primary N) is 1. The molecule has 0 saturated carbocycles. The Labute approximate surface area is 161 Å². The van der Waals surface area contributed by atoms with E-state index in [0.29, 0.717) is 35.5 Å². The molecule has 0 aliphatic carbocycles. The first-order valence-electron chi connectivity index (χ1n) is 8.36. The van der Waals surface area contributed by atoms with Crippen LogP contribution in [0.1, 0.15) is 25.3 Å². The van der Waals surface area contributed by atoms with Crippen LogP contribution in [0.5, 0.6) is 0 Å². The predicted octanol–water partition coefficient (Wildman–Crippen LogP) is 2.46. The van der Waals surface area contributed by atoms with Crippen LogP contribution in [0.2, 0.25) is 0 Å². The standard InChI is InChI=1S/C17H22F3N3O3.ClH/c1-2-23(16(25)17(18,19)20)10-11-4-3-5-12(8-11)22-15(24)14-7-6-13(9-21)26-14;/h3-5,8,13-14H,2,6-7,9-10,21H2,1H3,(H,22,24);1H/t13-,14+;/m1./s1. The molecule has 1 saturated heterocycles. The minimum absolute atomic E-state index is 0. The van der Waals surface area contributed by atoms with Crippen molar-refractivity contribution in [2.45, 2.75) is 44.7 Å². The molecule has 1 aromatic carbocycles. The number of ether oxygens (including phenoxy) is 1. The van der Waals surface area contributed by atoms with Gasteiger partial charge in [-0.15, -0.1) is 12.4 Å². The van der Waals surface area contributed by atoms with E-state index < -0.39 is 18.2 Å². The van der Waals surface area contributed by atoms with Gasteiger partial charge in [0.15, 0.2) is 0 Å². The van der Waals surface area contributed by atoms with E-state index in [1.165, 1.54) is 6.92 Å². The minimum Gasteiger partial charge on any atom is -0.364 e. The van der Waals surface area contributed by atoms with Gasteiger partial charge in [0.05, 0.1) is 6.10 Å². The molecule has 2 rings (SSSR count). The quantitative estimate of drug-likeness (QED) is 0.756. The third-order valence-corrected chi connectivity index (χ3v) is 4.14. The summed E-state index contributed by atoms with van der Waals surface area (Å²) in [5.74, 6) is -2.21. The first-order chi connectivity index (χ1) is 12.2. The van der Waals surface area contributed by atoms with Crippen molar-refractivity contribution in [1.29, 1.82) is 0 Å². The molecule has 0 unspecified atom stereocenters. The molecule has 0 spiro atoms. The number of benzene rings is 1. The summed E-state index contributed by atoms with van der Waals surface area (Å²) in [6.07, 6.45) is -4.37. The van der Waals surface area contributed by atoms with E-state index in [9.17, 15) is 22.8 Å². The molecule has 10 heteroatoms. The molecule has 1 aromatic rings. The molecule has 1 fully saturated rings. The Bertz CT molecular complexity index is 658. The number of nitrogens with one attached hydrogen (secondary N) is 1. The molecule has 0 bridgehead atoms. The Morgan fingerprint density at radius 2 is 2.04 bits per heavy atom. The SMILES string of the molecule is CCN(Cc1cccc(NC(=O)[C@@H]2CC[C@H](CN)O2)c1)C(=O)C(F)(F)F.Cl. The lowest BCUT2D eigenvalue weighted by Gasteiger charge is -2.22. The molecule has 1 heterocycles. The van der Waals surface area contributed by atoms with Crippen molar-refractivity contribution in [3.05, 3.63) is 29.8 Å². The Hall–Kier alpha value is -1.84. The van der Waals surface area contributed by atoms with Gasteiger partial charge in [0.1, 0.15) is 6.10 Å². The normalized spacial score (nSPS) is 19.3. The lowest BCUT2D eigenvalue weighted by molar-refractivity contribution is -0.185. The van der Waals surface area contributed by atoms with E-state index >= 15 is 0 Å². The van der Waals surface area contributed by atoms with E-state index in [1.807, 2.05) is 0 Å². The van der Waals surface area contributed by atoms with Crippen molar-refractivity contribution >= 4 is 29.9 Å². The van der Waals surface area contributed by atoms with Gasteiger partial charge in [-0.3, -0.25) is 9.59 Å². The molecular weight excluding hydrogens is 387 g/mol. The second-order valence-electron chi connectivity index (χ2n) is 6.07. The number of carbonyl (C=O) groups excluding carboxylic acids is 2. The monoisotopic (exact) mass is 409 g/mol. The molecule has 27 heavy (non-hydrogen) atoms. The summed E-state index contributed by atoms with van der Waals surface area (Å²) >= 11 is 0. The zero-order chi connectivity index (χ0) is 19.3. The molecule has 152 valence electrons. The topological polar surface area (TPSA) is 84.7 Å². The van der Waals surface area contributed by atoms with Gasteiger partial charge < -0.3 is 20.7 Å². The predicted molar refractivity (Wildman–Crippen MR) is 96.4 cm³/mol. The fraction of sp³-hybridized carbons (Fsp3) is 0.529. The number of rotatable bonds is 6. The van der Waals surface area contributed by atoms with Crippen molar-refractivity contribution in [3.63, 3.8) is 0 Å². The van der Waals surface area contributed by atoms with Gasteiger partial charge >= 0.3 is 12.1 Å². The lowest BCUT2D eigenvalue weighted by Crippen LogP contribution is -2.40. The number of carbonyl (C=O) groups is 2. The molecular formula is C17H23ClF3N3O3. The zero-order valence-corrected chi connectivity index (χ0v) is 15.6. The highest BCUT2D eigenvalue weighted by Crippen LogP contribution is 2.22. The number of hydrogen-bond donors (Lipinski definition) is 2. The average molecular weight is 410 g/mol. The van der Waals surface area contributed by atoms with Crippen LogP contribution in [0.3, 0.4) is 0 Å². The average Bonchev–Trinajstić information content (AvgIpc) is 3.08.